The van der Waals surface area contributed by atoms with Crippen molar-refractivity contribution in [3.8, 4) is 0 Å². The second-order valence-corrected chi connectivity index (χ2v) is 7.03. The van der Waals surface area contributed by atoms with Gasteiger partial charge in [-0.25, -0.2) is 0 Å². The summed E-state index contributed by atoms with van der Waals surface area (Å²) < 4.78 is 1.67. The van der Waals surface area contributed by atoms with Gasteiger partial charge in [-0.2, -0.15) is 5.10 Å². The molecule has 3 nitrogen and oxygen atoms in total. The topological polar surface area (TPSA) is 38.0 Å². The average molecular weight is 271 g/mol. The van der Waals surface area contributed by atoms with Crippen LogP contribution < -0.4 is 0 Å². The molecule has 0 amide bonds. The van der Waals surface area contributed by atoms with Gasteiger partial charge in [0.15, 0.2) is 0 Å². The highest BCUT2D eigenvalue weighted by atomic mass is 35.5. The van der Waals surface area contributed by atoms with E-state index in [1.54, 1.807) is 4.68 Å². The predicted molar refractivity (Wildman–Crippen MR) is 73.7 cm³/mol. The minimum atomic E-state index is -0.351. The summed E-state index contributed by atoms with van der Waals surface area (Å²) in [6.07, 6.45) is 0.242. The molecular weight excluding hydrogens is 248 g/mol. The van der Waals surface area contributed by atoms with Crippen molar-refractivity contribution in [2.75, 3.05) is 0 Å². The van der Waals surface area contributed by atoms with Crippen LogP contribution in [0.15, 0.2) is 0 Å². The molecular formula is C14H23ClN2O. The summed E-state index contributed by atoms with van der Waals surface area (Å²) in [6, 6.07) is 0. The van der Waals surface area contributed by atoms with Crippen molar-refractivity contribution in [3.63, 3.8) is 0 Å². The van der Waals surface area contributed by atoms with Gasteiger partial charge in [0.25, 0.3) is 0 Å². The van der Waals surface area contributed by atoms with Crippen LogP contribution in [0.4, 0.5) is 0 Å². The fourth-order valence-corrected chi connectivity index (χ4v) is 3.69. The summed E-state index contributed by atoms with van der Waals surface area (Å²) in [5, 5.41) is 15.4. The van der Waals surface area contributed by atoms with Gasteiger partial charge in [-0.05, 0) is 23.7 Å². The molecule has 2 rings (SSSR count). The van der Waals surface area contributed by atoms with Crippen molar-refractivity contribution < 1.29 is 5.11 Å². The van der Waals surface area contributed by atoms with Crippen molar-refractivity contribution >= 4 is 11.6 Å². The number of nitrogens with zero attached hydrogens (tertiary/aromatic N) is 2. The quantitative estimate of drug-likeness (QED) is 0.917. The molecule has 1 fully saturated rings. The second-order valence-electron chi connectivity index (χ2n) is 6.67. The summed E-state index contributed by atoms with van der Waals surface area (Å²) >= 11 is 6.21. The van der Waals surface area contributed by atoms with E-state index in [9.17, 15) is 5.11 Å². The van der Waals surface area contributed by atoms with Gasteiger partial charge in [0, 0.05) is 19.0 Å². The molecule has 1 aromatic heterocycles. The number of aryl methyl sites for hydroxylation is 2. The van der Waals surface area contributed by atoms with E-state index in [1.165, 1.54) is 0 Å². The van der Waals surface area contributed by atoms with Crippen LogP contribution in [0.1, 0.15) is 39.0 Å². The molecule has 1 heterocycles. The molecule has 1 aliphatic carbocycles. The Hall–Kier alpha value is -0.540. The van der Waals surface area contributed by atoms with Crippen LogP contribution >= 0.6 is 11.6 Å². The number of aromatic nitrogens is 2. The molecule has 4 heteroatoms. The van der Waals surface area contributed by atoms with E-state index in [0.717, 1.165) is 11.3 Å². The molecule has 1 N–H and O–H groups in total. The third-order valence-corrected chi connectivity index (χ3v) is 5.67. The third-order valence-electron chi connectivity index (χ3n) is 5.20. The normalized spacial score (nSPS) is 23.1. The van der Waals surface area contributed by atoms with Gasteiger partial charge in [0.05, 0.1) is 11.8 Å². The maximum absolute atomic E-state index is 10.5. The van der Waals surface area contributed by atoms with Gasteiger partial charge in [0.2, 0.25) is 0 Å². The Bertz CT molecular complexity index is 462. The Balaban J connectivity index is 2.17. The number of rotatable bonds is 3. The van der Waals surface area contributed by atoms with Crippen molar-refractivity contribution in [1.29, 1.82) is 0 Å². The lowest BCUT2D eigenvalue weighted by Crippen LogP contribution is -2.18. The Kier molecular flexibility index (Phi) is 3.07. The number of aliphatic hydroxyl groups is 1. The molecule has 0 spiro atoms. The Morgan fingerprint density at radius 1 is 1.33 bits per heavy atom. The Morgan fingerprint density at radius 3 is 2.17 bits per heavy atom. The molecule has 0 saturated heterocycles. The lowest BCUT2D eigenvalue weighted by atomic mass is 10.00. The maximum atomic E-state index is 10.5. The summed E-state index contributed by atoms with van der Waals surface area (Å²) in [6.45, 7) is 10.8. The van der Waals surface area contributed by atoms with E-state index >= 15 is 0 Å². The first kappa shape index (κ1) is 13.9. The summed E-state index contributed by atoms with van der Waals surface area (Å²) in [5.41, 5.74) is 2.27. The molecule has 0 bridgehead atoms. The first-order valence-corrected chi connectivity index (χ1v) is 6.84. The van der Waals surface area contributed by atoms with Crippen LogP contribution in [-0.4, -0.2) is 21.0 Å². The number of aliphatic hydroxyl groups excluding tert-OH is 1. The van der Waals surface area contributed by atoms with E-state index in [2.05, 4.69) is 32.8 Å². The number of hydrogen-bond donors (Lipinski definition) is 1. The van der Waals surface area contributed by atoms with Crippen LogP contribution in [0.5, 0.6) is 0 Å². The molecule has 0 radical (unpaired) electrons. The monoisotopic (exact) mass is 270 g/mol. The van der Waals surface area contributed by atoms with Gasteiger partial charge in [-0.3, -0.25) is 4.68 Å². The second kappa shape index (κ2) is 3.97. The maximum Gasteiger partial charge on any atom is 0.130 e. The van der Waals surface area contributed by atoms with E-state index in [4.69, 9.17) is 11.6 Å². The van der Waals surface area contributed by atoms with E-state index in [0.29, 0.717) is 17.5 Å². The lowest BCUT2D eigenvalue weighted by Gasteiger charge is -2.12. The molecule has 1 aromatic rings. The van der Waals surface area contributed by atoms with Gasteiger partial charge in [0.1, 0.15) is 5.15 Å². The molecule has 0 aromatic carbocycles. The van der Waals surface area contributed by atoms with Crippen LogP contribution in [0.2, 0.25) is 5.15 Å². The highest BCUT2D eigenvalue weighted by Crippen LogP contribution is 2.69. The summed E-state index contributed by atoms with van der Waals surface area (Å²) in [4.78, 5) is 0. The molecule has 18 heavy (non-hydrogen) atoms. The van der Waals surface area contributed by atoms with Crippen molar-refractivity contribution in [1.82, 2.24) is 9.78 Å². The summed E-state index contributed by atoms with van der Waals surface area (Å²) in [5.74, 6) is 0.320. The van der Waals surface area contributed by atoms with Gasteiger partial charge < -0.3 is 5.11 Å². The van der Waals surface area contributed by atoms with E-state index in [1.807, 2.05) is 14.0 Å². The number of hydrogen-bond acceptors (Lipinski definition) is 2. The minimum Gasteiger partial charge on any atom is -0.392 e. The van der Waals surface area contributed by atoms with Crippen LogP contribution in [0.3, 0.4) is 0 Å². The average Bonchev–Trinajstić information content (AvgIpc) is 2.51. The van der Waals surface area contributed by atoms with Crippen molar-refractivity contribution in [2.45, 2.75) is 47.1 Å². The van der Waals surface area contributed by atoms with Crippen molar-refractivity contribution in [3.05, 3.63) is 16.4 Å². The zero-order chi connectivity index (χ0) is 13.9. The molecule has 1 unspecified atom stereocenters. The highest BCUT2D eigenvalue weighted by molar-refractivity contribution is 6.30. The van der Waals surface area contributed by atoms with Gasteiger partial charge in [-0.1, -0.05) is 39.3 Å². The van der Waals surface area contributed by atoms with Crippen LogP contribution in [0, 0.1) is 23.7 Å². The Morgan fingerprint density at radius 2 is 1.83 bits per heavy atom. The largest absolute Gasteiger partial charge is 0.392 e. The minimum absolute atomic E-state index is 0.189. The lowest BCUT2D eigenvalue weighted by molar-refractivity contribution is 0.129. The molecule has 102 valence electrons. The van der Waals surface area contributed by atoms with E-state index < -0.39 is 0 Å². The van der Waals surface area contributed by atoms with Crippen LogP contribution in [-0.2, 0) is 13.5 Å². The van der Waals surface area contributed by atoms with E-state index in [-0.39, 0.29) is 16.9 Å². The van der Waals surface area contributed by atoms with Gasteiger partial charge in [-0.15, -0.1) is 0 Å². The SMILES string of the molecule is Cc1nn(C)c(Cl)c1CC(O)C1C(C)(C)C1(C)C. The zero-order valence-corrected chi connectivity index (χ0v) is 12.8. The smallest absolute Gasteiger partial charge is 0.130 e. The third kappa shape index (κ3) is 1.79. The molecule has 0 aliphatic heterocycles. The Labute approximate surface area is 114 Å². The fourth-order valence-electron chi connectivity index (χ4n) is 3.44. The molecule has 1 atom stereocenters. The highest BCUT2D eigenvalue weighted by Gasteiger charge is 2.66. The molecule has 1 saturated carbocycles. The predicted octanol–water partition coefficient (Wildman–Crippen LogP) is 2.97. The summed E-state index contributed by atoms with van der Waals surface area (Å²) in [7, 11) is 1.83. The zero-order valence-electron chi connectivity index (χ0n) is 12.1. The first-order valence-electron chi connectivity index (χ1n) is 6.46. The molecule has 1 aliphatic rings. The number of halogens is 1. The fraction of sp³-hybridized carbons (Fsp3) is 0.786. The first-order chi connectivity index (χ1) is 8.10. The van der Waals surface area contributed by atoms with Crippen LogP contribution in [0.25, 0.3) is 0 Å². The van der Waals surface area contributed by atoms with Gasteiger partial charge >= 0.3 is 0 Å². The van der Waals surface area contributed by atoms with Crippen molar-refractivity contribution in [2.24, 2.45) is 23.8 Å². The standard InChI is InChI=1S/C14H23ClN2O/c1-8-9(12(15)17(6)16-8)7-10(18)11-13(2,3)14(11,4)5/h10-11,18H,7H2,1-6H3.